The van der Waals surface area contributed by atoms with Crippen molar-refractivity contribution in [2.24, 2.45) is 11.1 Å². The lowest BCUT2D eigenvalue weighted by Gasteiger charge is -2.38. The number of hydrogen-bond acceptors (Lipinski definition) is 3. The lowest BCUT2D eigenvalue weighted by molar-refractivity contribution is -0.144. The number of esters is 1. The Morgan fingerprint density at radius 1 is 1.29 bits per heavy atom. The Balaban J connectivity index is 2.10. The molecule has 0 spiro atoms. The average molecular weight is 354 g/mol. The maximum absolute atomic E-state index is 11.8. The van der Waals surface area contributed by atoms with Crippen molar-refractivity contribution in [3.63, 3.8) is 0 Å². The third-order valence-corrected chi connectivity index (χ3v) is 5.14. The number of hydrogen-bond donors (Lipinski definition) is 1. The summed E-state index contributed by atoms with van der Waals surface area (Å²) in [7, 11) is 1.47. The number of carbonyl (C=O) groups excluding carboxylic acids is 1. The van der Waals surface area contributed by atoms with E-state index in [0.29, 0.717) is 6.42 Å². The molecule has 1 aliphatic rings. The first-order chi connectivity index (χ1) is 10.0. The summed E-state index contributed by atoms with van der Waals surface area (Å²) < 4.78 is 5.95. The minimum Gasteiger partial charge on any atom is -0.469 e. The Bertz CT molecular complexity index is 466. The van der Waals surface area contributed by atoms with Crippen molar-refractivity contribution in [1.29, 1.82) is 0 Å². The molecule has 1 unspecified atom stereocenters. The maximum atomic E-state index is 11.8. The summed E-state index contributed by atoms with van der Waals surface area (Å²) in [5, 5.41) is 0. The summed E-state index contributed by atoms with van der Waals surface area (Å²) in [6.45, 7) is 0. The standard InChI is InChI=1S/C17H24BrNO2/c1-21-16(20)12-17(9-3-2-4-10-17)11-15(19)13-5-7-14(18)8-6-13/h5-8,15H,2-4,9-12,19H2,1H3. The van der Waals surface area contributed by atoms with Gasteiger partial charge in [-0.15, -0.1) is 0 Å². The van der Waals surface area contributed by atoms with Crippen LogP contribution < -0.4 is 5.73 Å². The Morgan fingerprint density at radius 3 is 2.48 bits per heavy atom. The highest BCUT2D eigenvalue weighted by Crippen LogP contribution is 2.45. The Labute approximate surface area is 135 Å². The Hall–Kier alpha value is -0.870. The van der Waals surface area contributed by atoms with Crippen molar-refractivity contribution in [3.05, 3.63) is 34.3 Å². The van der Waals surface area contributed by atoms with E-state index in [4.69, 9.17) is 10.5 Å². The molecule has 0 aromatic heterocycles. The number of ether oxygens (including phenoxy) is 1. The molecule has 4 heteroatoms. The van der Waals surface area contributed by atoms with E-state index in [1.165, 1.54) is 26.4 Å². The van der Waals surface area contributed by atoms with Crippen LogP contribution in [0.1, 0.15) is 56.6 Å². The van der Waals surface area contributed by atoms with E-state index in [9.17, 15) is 4.79 Å². The van der Waals surface area contributed by atoms with Gasteiger partial charge in [-0.25, -0.2) is 0 Å². The highest BCUT2D eigenvalue weighted by atomic mass is 79.9. The summed E-state index contributed by atoms with van der Waals surface area (Å²) in [4.78, 5) is 11.8. The number of benzene rings is 1. The van der Waals surface area contributed by atoms with Gasteiger partial charge >= 0.3 is 5.97 Å². The van der Waals surface area contributed by atoms with E-state index in [2.05, 4.69) is 28.1 Å². The molecule has 0 amide bonds. The minimum atomic E-state index is -0.111. The van der Waals surface area contributed by atoms with E-state index in [1.54, 1.807) is 0 Å². The molecular formula is C17H24BrNO2. The predicted octanol–water partition coefficient (Wildman–Crippen LogP) is 4.35. The molecule has 0 radical (unpaired) electrons. The molecule has 3 nitrogen and oxygen atoms in total. The van der Waals surface area contributed by atoms with Crippen LogP contribution in [0, 0.1) is 5.41 Å². The minimum absolute atomic E-state index is 0.0117. The van der Waals surface area contributed by atoms with Crippen molar-refractivity contribution >= 4 is 21.9 Å². The van der Waals surface area contributed by atoms with Crippen molar-refractivity contribution in [2.75, 3.05) is 7.11 Å². The van der Waals surface area contributed by atoms with Crippen LogP contribution in [-0.2, 0) is 9.53 Å². The van der Waals surface area contributed by atoms with Crippen LogP contribution in [0.25, 0.3) is 0 Å². The summed E-state index contributed by atoms with van der Waals surface area (Å²) in [5.74, 6) is -0.111. The molecule has 0 aliphatic heterocycles. The van der Waals surface area contributed by atoms with Gasteiger partial charge in [-0.3, -0.25) is 4.79 Å². The summed E-state index contributed by atoms with van der Waals surface area (Å²) in [5.41, 5.74) is 7.56. The van der Waals surface area contributed by atoms with Gasteiger partial charge in [-0.1, -0.05) is 47.3 Å². The van der Waals surface area contributed by atoms with Crippen molar-refractivity contribution < 1.29 is 9.53 Å². The zero-order chi connectivity index (χ0) is 15.3. The van der Waals surface area contributed by atoms with E-state index in [0.717, 1.165) is 29.3 Å². The molecule has 1 aliphatic carbocycles. The van der Waals surface area contributed by atoms with Gasteiger partial charge in [0, 0.05) is 10.5 Å². The van der Waals surface area contributed by atoms with Gasteiger partial charge < -0.3 is 10.5 Å². The van der Waals surface area contributed by atoms with Gasteiger partial charge in [0.2, 0.25) is 0 Å². The molecule has 0 bridgehead atoms. The molecule has 21 heavy (non-hydrogen) atoms. The monoisotopic (exact) mass is 353 g/mol. The third-order valence-electron chi connectivity index (χ3n) is 4.61. The first-order valence-corrected chi connectivity index (χ1v) is 8.42. The third kappa shape index (κ3) is 4.55. The van der Waals surface area contributed by atoms with Gasteiger partial charge in [0.25, 0.3) is 0 Å². The normalized spacial score (nSPS) is 19.0. The number of halogens is 1. The topological polar surface area (TPSA) is 52.3 Å². The predicted molar refractivity (Wildman–Crippen MR) is 87.8 cm³/mol. The fourth-order valence-corrected chi connectivity index (χ4v) is 3.69. The molecule has 2 N–H and O–H groups in total. The zero-order valence-electron chi connectivity index (χ0n) is 12.6. The summed E-state index contributed by atoms with van der Waals surface area (Å²) in [6.07, 6.45) is 7.13. The Morgan fingerprint density at radius 2 is 1.90 bits per heavy atom. The van der Waals surface area contributed by atoms with Gasteiger partial charge in [-0.2, -0.15) is 0 Å². The van der Waals surface area contributed by atoms with Gasteiger partial charge in [0.15, 0.2) is 0 Å². The van der Waals surface area contributed by atoms with Gasteiger partial charge in [0.05, 0.1) is 13.5 Å². The second-order valence-electron chi connectivity index (χ2n) is 6.18. The van der Waals surface area contributed by atoms with Crippen LogP contribution in [0.4, 0.5) is 0 Å². The maximum Gasteiger partial charge on any atom is 0.306 e. The average Bonchev–Trinajstić information content (AvgIpc) is 2.48. The highest BCUT2D eigenvalue weighted by molar-refractivity contribution is 9.10. The molecule has 0 heterocycles. The lowest BCUT2D eigenvalue weighted by Crippen LogP contribution is -2.32. The second-order valence-corrected chi connectivity index (χ2v) is 7.09. The molecule has 1 saturated carbocycles. The van der Waals surface area contributed by atoms with E-state index in [1.807, 2.05) is 12.1 Å². The molecule has 0 saturated heterocycles. The smallest absolute Gasteiger partial charge is 0.306 e. The van der Waals surface area contributed by atoms with Crippen LogP contribution in [-0.4, -0.2) is 13.1 Å². The number of methoxy groups -OCH3 is 1. The molecule has 116 valence electrons. The number of nitrogens with two attached hydrogens (primary N) is 1. The Kier molecular flexibility index (Phi) is 5.82. The van der Waals surface area contributed by atoms with Crippen LogP contribution in [0.2, 0.25) is 0 Å². The molecule has 2 rings (SSSR count). The zero-order valence-corrected chi connectivity index (χ0v) is 14.2. The first-order valence-electron chi connectivity index (χ1n) is 7.62. The van der Waals surface area contributed by atoms with Crippen molar-refractivity contribution in [1.82, 2.24) is 0 Å². The fourth-order valence-electron chi connectivity index (χ4n) is 3.43. The second kappa shape index (κ2) is 7.41. The van der Waals surface area contributed by atoms with Crippen molar-refractivity contribution in [2.45, 2.75) is 51.0 Å². The van der Waals surface area contributed by atoms with E-state index >= 15 is 0 Å². The molecule has 1 aromatic rings. The molecule has 1 fully saturated rings. The number of rotatable bonds is 5. The van der Waals surface area contributed by atoms with E-state index < -0.39 is 0 Å². The van der Waals surface area contributed by atoms with Crippen LogP contribution in [0.3, 0.4) is 0 Å². The lowest BCUT2D eigenvalue weighted by atomic mass is 9.67. The van der Waals surface area contributed by atoms with Gasteiger partial charge in [0.1, 0.15) is 0 Å². The van der Waals surface area contributed by atoms with Crippen molar-refractivity contribution in [3.8, 4) is 0 Å². The quantitative estimate of drug-likeness (QED) is 0.800. The van der Waals surface area contributed by atoms with Crippen LogP contribution in [0.15, 0.2) is 28.7 Å². The molecule has 1 atom stereocenters. The number of carbonyl (C=O) groups is 1. The fraction of sp³-hybridized carbons (Fsp3) is 0.588. The summed E-state index contributed by atoms with van der Waals surface area (Å²) in [6, 6.07) is 8.12. The molecule has 1 aromatic carbocycles. The van der Waals surface area contributed by atoms with Crippen LogP contribution >= 0.6 is 15.9 Å². The summed E-state index contributed by atoms with van der Waals surface area (Å²) >= 11 is 3.44. The van der Waals surface area contributed by atoms with Crippen LogP contribution in [0.5, 0.6) is 0 Å². The van der Waals surface area contributed by atoms with Gasteiger partial charge in [-0.05, 0) is 42.4 Å². The molecular weight excluding hydrogens is 330 g/mol. The first kappa shape index (κ1) is 16.5. The SMILES string of the molecule is COC(=O)CC1(CC(N)c2ccc(Br)cc2)CCCCC1. The largest absolute Gasteiger partial charge is 0.469 e. The van der Waals surface area contributed by atoms with E-state index in [-0.39, 0.29) is 17.4 Å². The highest BCUT2D eigenvalue weighted by Gasteiger charge is 2.36.